The molecule has 0 aliphatic carbocycles. The minimum Gasteiger partial charge on any atom is -0.221 e. The van der Waals surface area contributed by atoms with E-state index in [-0.39, 0.29) is 5.56 Å². The molecule has 0 aromatic heterocycles. The van der Waals surface area contributed by atoms with Crippen molar-refractivity contribution in [2.45, 2.75) is 0 Å². The molecule has 0 fully saturated rings. The van der Waals surface area contributed by atoms with Gasteiger partial charge >= 0.3 is 6.36 Å². The smallest absolute Gasteiger partial charge is 0.221 e. The average molecular weight is 313 g/mol. The van der Waals surface area contributed by atoms with E-state index >= 15 is 0 Å². The van der Waals surface area contributed by atoms with Gasteiger partial charge in [-0.1, -0.05) is 54.6 Å². The molecule has 109 valence electrons. The van der Waals surface area contributed by atoms with Crippen LogP contribution in [0.15, 0.2) is 54.6 Å². The highest BCUT2D eigenvalue weighted by Gasteiger charge is 2.19. The first-order valence-electron chi connectivity index (χ1n) is 6.67. The van der Waals surface area contributed by atoms with E-state index in [9.17, 15) is 12.8 Å². The second-order valence-electron chi connectivity index (χ2n) is 5.06. The van der Waals surface area contributed by atoms with E-state index in [1.54, 1.807) is 12.1 Å². The minimum absolute atomic E-state index is 0.143. The molecule has 0 atom stereocenters. The van der Waals surface area contributed by atoms with Gasteiger partial charge in [0.05, 0.1) is 0 Å². The van der Waals surface area contributed by atoms with E-state index in [4.69, 9.17) is 0 Å². The number of halogens is 1. The van der Waals surface area contributed by atoms with Crippen molar-refractivity contribution in [3.05, 3.63) is 66.5 Å². The molecule has 0 saturated carbocycles. The second-order valence-corrected chi connectivity index (χ2v) is 5.69. The Morgan fingerprint density at radius 3 is 2.09 bits per heavy atom. The Morgan fingerprint density at radius 1 is 0.818 bits per heavy atom. The molecule has 0 saturated heterocycles. The van der Waals surface area contributed by atoms with Gasteiger partial charge in [0.25, 0.3) is 11.0 Å². The van der Waals surface area contributed by atoms with Crippen molar-refractivity contribution in [3.63, 3.8) is 0 Å². The van der Waals surface area contributed by atoms with E-state index in [1.165, 1.54) is 6.07 Å². The predicted octanol–water partition coefficient (Wildman–Crippen LogP) is 3.93. The number of thiol groups is 1. The van der Waals surface area contributed by atoms with Crippen LogP contribution in [-0.4, -0.2) is 8.42 Å². The van der Waals surface area contributed by atoms with Gasteiger partial charge in [-0.25, -0.2) is 12.6 Å². The van der Waals surface area contributed by atoms with Crippen LogP contribution in [0.2, 0.25) is 0 Å². The minimum atomic E-state index is -3.28. The fraction of sp³-hybridized carbons (Fsp3) is 0. The van der Waals surface area contributed by atoms with Crippen molar-refractivity contribution < 1.29 is 17.0 Å². The normalized spacial score (nSPS) is 12.3. The largest absolute Gasteiger partial charge is 0.315 e. The molecule has 4 aromatic carbocycles. The van der Waals surface area contributed by atoms with E-state index in [0.29, 0.717) is 5.39 Å². The summed E-state index contributed by atoms with van der Waals surface area (Å²) < 4.78 is 39.5. The van der Waals surface area contributed by atoms with E-state index in [0.717, 1.165) is 26.9 Å². The standard InChI is InChI=1S/C17H10FO3S/c18-17(21-22(19)20)14-9-7-12-5-4-10-2-1-3-11-6-8-13(14)16(12)15(10)11/h1-9,22H. The summed E-state index contributed by atoms with van der Waals surface area (Å²) in [6, 6.07) is 17.0. The van der Waals surface area contributed by atoms with Crippen LogP contribution in [0.1, 0.15) is 5.56 Å². The lowest BCUT2D eigenvalue weighted by atomic mass is 9.92. The summed E-state index contributed by atoms with van der Waals surface area (Å²) in [5.41, 5.74) is 0.143. The predicted molar refractivity (Wildman–Crippen MR) is 85.0 cm³/mol. The molecular weight excluding hydrogens is 303 g/mol. The first kappa shape index (κ1) is 13.4. The zero-order chi connectivity index (χ0) is 15.3. The van der Waals surface area contributed by atoms with Gasteiger partial charge < -0.3 is 0 Å². The third-order valence-electron chi connectivity index (χ3n) is 3.90. The molecule has 0 aliphatic rings. The summed E-state index contributed by atoms with van der Waals surface area (Å²) in [7, 11) is -3.28. The first-order chi connectivity index (χ1) is 10.6. The molecule has 0 heterocycles. The van der Waals surface area contributed by atoms with Crippen LogP contribution in [0.3, 0.4) is 0 Å². The van der Waals surface area contributed by atoms with Gasteiger partial charge in [-0.15, -0.1) is 0 Å². The molecule has 0 amide bonds. The molecule has 4 aromatic rings. The molecule has 5 heteroatoms. The van der Waals surface area contributed by atoms with Gasteiger partial charge in [0.2, 0.25) is 0 Å². The summed E-state index contributed by atoms with van der Waals surface area (Å²) in [6.45, 7) is 0. The van der Waals surface area contributed by atoms with Crippen molar-refractivity contribution in [3.8, 4) is 0 Å². The van der Waals surface area contributed by atoms with Crippen molar-refractivity contribution in [2.24, 2.45) is 0 Å². The molecule has 0 N–H and O–H groups in total. The van der Waals surface area contributed by atoms with Crippen LogP contribution >= 0.6 is 0 Å². The number of benzene rings is 4. The van der Waals surface area contributed by atoms with E-state index < -0.39 is 17.3 Å². The van der Waals surface area contributed by atoms with Gasteiger partial charge in [-0.3, -0.25) is 0 Å². The van der Waals surface area contributed by atoms with Gasteiger partial charge in [0.1, 0.15) is 0 Å². The maximum atomic E-state index is 14.1. The second kappa shape index (κ2) is 4.90. The molecule has 22 heavy (non-hydrogen) atoms. The number of rotatable bonds is 3. The molecule has 0 unspecified atom stereocenters. The van der Waals surface area contributed by atoms with Gasteiger partial charge in [0, 0.05) is 5.56 Å². The molecule has 0 bridgehead atoms. The van der Waals surface area contributed by atoms with E-state index in [2.05, 4.69) is 4.18 Å². The zero-order valence-corrected chi connectivity index (χ0v) is 12.1. The van der Waals surface area contributed by atoms with Crippen molar-refractivity contribution in [1.29, 1.82) is 0 Å². The topological polar surface area (TPSA) is 43.4 Å². The Morgan fingerprint density at radius 2 is 1.41 bits per heavy atom. The monoisotopic (exact) mass is 313 g/mol. The Hall–Kier alpha value is -2.24. The summed E-state index contributed by atoms with van der Waals surface area (Å²) in [4.78, 5) is 0. The first-order valence-corrected chi connectivity index (χ1v) is 7.76. The Bertz CT molecular complexity index is 1050. The lowest BCUT2D eigenvalue weighted by molar-refractivity contribution is 0.236. The maximum absolute atomic E-state index is 14.1. The maximum Gasteiger partial charge on any atom is 0.315 e. The summed E-state index contributed by atoms with van der Waals surface area (Å²) >= 11 is 0. The summed E-state index contributed by atoms with van der Waals surface area (Å²) in [6.07, 6.45) is -1.10. The molecule has 0 spiro atoms. The molecule has 4 rings (SSSR count). The quantitative estimate of drug-likeness (QED) is 0.460. The van der Waals surface area contributed by atoms with Crippen LogP contribution < -0.4 is 0 Å². The van der Waals surface area contributed by atoms with Crippen LogP contribution in [0.5, 0.6) is 0 Å². The van der Waals surface area contributed by atoms with Gasteiger partial charge in [0.15, 0.2) is 0 Å². The van der Waals surface area contributed by atoms with E-state index in [1.807, 2.05) is 36.4 Å². The van der Waals surface area contributed by atoms with Crippen LogP contribution in [0.4, 0.5) is 4.39 Å². The van der Waals surface area contributed by atoms with Crippen molar-refractivity contribution in [1.82, 2.24) is 0 Å². The third-order valence-corrected chi connectivity index (χ3v) is 4.20. The molecular formula is C17H10FO3S. The Kier molecular flexibility index (Phi) is 2.99. The highest BCUT2D eigenvalue weighted by Crippen LogP contribution is 2.38. The van der Waals surface area contributed by atoms with Gasteiger partial charge in [-0.2, -0.15) is 4.39 Å². The number of hydrogen-bond donors (Lipinski definition) is 1. The zero-order valence-electron chi connectivity index (χ0n) is 11.2. The van der Waals surface area contributed by atoms with Crippen LogP contribution in [0, 0.1) is 6.36 Å². The number of hydrogen-bond acceptors (Lipinski definition) is 3. The van der Waals surface area contributed by atoms with Crippen molar-refractivity contribution in [2.75, 3.05) is 0 Å². The summed E-state index contributed by atoms with van der Waals surface area (Å²) in [5, 5.41) is 5.68. The lowest BCUT2D eigenvalue weighted by Gasteiger charge is -2.14. The fourth-order valence-corrected chi connectivity index (χ4v) is 3.25. The van der Waals surface area contributed by atoms with Crippen LogP contribution in [0.25, 0.3) is 32.3 Å². The lowest BCUT2D eigenvalue weighted by Crippen LogP contribution is -1.99. The highest BCUT2D eigenvalue weighted by molar-refractivity contribution is 7.67. The SMILES string of the molecule is O=[SH](=O)O[C](F)c1ccc2ccc3cccc4ccc1c2c34. The molecule has 3 nitrogen and oxygen atoms in total. The molecule has 1 radical (unpaired) electrons. The Balaban J connectivity index is 2.12. The molecule has 0 aliphatic heterocycles. The van der Waals surface area contributed by atoms with Crippen molar-refractivity contribution >= 4 is 43.3 Å². The highest BCUT2D eigenvalue weighted by atomic mass is 32.2. The fourth-order valence-electron chi connectivity index (χ4n) is 3.02. The summed E-state index contributed by atoms with van der Waals surface area (Å²) in [5.74, 6) is 0. The average Bonchev–Trinajstić information content (AvgIpc) is 2.51. The Labute approximate surface area is 127 Å². The van der Waals surface area contributed by atoms with Crippen LogP contribution in [-0.2, 0) is 15.2 Å². The third kappa shape index (κ3) is 1.94. The van der Waals surface area contributed by atoms with Gasteiger partial charge in [-0.05, 0) is 32.3 Å².